The molecule has 3 rings (SSSR count). The van der Waals surface area contributed by atoms with Crippen molar-refractivity contribution in [1.82, 2.24) is 19.8 Å². The molecule has 0 radical (unpaired) electrons. The number of rotatable bonds is 5. The number of aryl methyl sites for hydroxylation is 1. The van der Waals surface area contributed by atoms with E-state index in [1.54, 1.807) is 6.07 Å². The number of nitrogens with zero attached hydrogens (tertiary/aromatic N) is 3. The molecule has 1 fully saturated rings. The maximum atomic E-state index is 12.6. The van der Waals surface area contributed by atoms with Crippen molar-refractivity contribution in [2.45, 2.75) is 32.7 Å². The van der Waals surface area contributed by atoms with Gasteiger partial charge >= 0.3 is 0 Å². The van der Waals surface area contributed by atoms with E-state index in [0.29, 0.717) is 16.8 Å². The molecule has 1 saturated heterocycles. The number of piperidine rings is 1. The van der Waals surface area contributed by atoms with Crippen LogP contribution in [-0.4, -0.2) is 47.0 Å². The number of hydrogen-bond acceptors (Lipinski definition) is 4. The van der Waals surface area contributed by atoms with Crippen molar-refractivity contribution in [3.63, 3.8) is 0 Å². The number of aromatic nitrogens is 2. The van der Waals surface area contributed by atoms with Gasteiger partial charge in [0.1, 0.15) is 6.54 Å². The molecule has 2 aromatic rings. The zero-order valence-electron chi connectivity index (χ0n) is 15.4. The highest BCUT2D eigenvalue weighted by atomic mass is 35.5. The molecule has 1 amide bonds. The van der Waals surface area contributed by atoms with E-state index < -0.39 is 0 Å². The Balaban J connectivity index is 0.00000243. The van der Waals surface area contributed by atoms with Gasteiger partial charge in [-0.25, -0.2) is 4.98 Å². The van der Waals surface area contributed by atoms with Crippen molar-refractivity contribution in [1.29, 1.82) is 0 Å². The maximum absolute atomic E-state index is 12.6. The summed E-state index contributed by atoms with van der Waals surface area (Å²) in [6.07, 6.45) is 4.73. The lowest BCUT2D eigenvalue weighted by molar-refractivity contribution is -0.133. The van der Waals surface area contributed by atoms with Crippen LogP contribution in [0.2, 0.25) is 0 Å². The van der Waals surface area contributed by atoms with E-state index in [2.05, 4.69) is 10.3 Å². The first kappa shape index (κ1) is 20.4. The van der Waals surface area contributed by atoms with Crippen molar-refractivity contribution >= 4 is 29.2 Å². The van der Waals surface area contributed by atoms with Gasteiger partial charge in [-0.1, -0.05) is 12.1 Å². The molecule has 1 aliphatic heterocycles. The van der Waals surface area contributed by atoms with E-state index in [-0.39, 0.29) is 30.4 Å². The minimum Gasteiger partial charge on any atom is -0.341 e. The standard InChI is InChI=1S/C19H26N4O2.ClH/c1-14-4-3-5-16-18(14)21-13-23(19(16)25)12-17(24)22-10-7-15(8-11-22)6-9-20-2;/h3-5,13,15,20H,6-12H2,1-2H3;1H. The summed E-state index contributed by atoms with van der Waals surface area (Å²) in [7, 11) is 1.97. The van der Waals surface area contributed by atoms with Gasteiger partial charge in [0.15, 0.2) is 0 Å². The molecule has 1 aromatic heterocycles. The van der Waals surface area contributed by atoms with Crippen LogP contribution in [0.3, 0.4) is 0 Å². The van der Waals surface area contributed by atoms with Crippen LogP contribution in [0.15, 0.2) is 29.3 Å². The molecule has 0 bridgehead atoms. The van der Waals surface area contributed by atoms with Crippen molar-refractivity contribution in [3.05, 3.63) is 40.4 Å². The Morgan fingerprint density at radius 1 is 1.31 bits per heavy atom. The average Bonchev–Trinajstić information content (AvgIpc) is 2.63. The van der Waals surface area contributed by atoms with Gasteiger partial charge in [0, 0.05) is 13.1 Å². The van der Waals surface area contributed by atoms with Crippen LogP contribution >= 0.6 is 12.4 Å². The number of likely N-dealkylation sites (tertiary alicyclic amines) is 1. The highest BCUT2D eigenvalue weighted by molar-refractivity contribution is 5.85. The summed E-state index contributed by atoms with van der Waals surface area (Å²) in [6, 6.07) is 5.55. The Hall–Kier alpha value is -1.92. The van der Waals surface area contributed by atoms with E-state index >= 15 is 0 Å². The number of hydrogen-bond donors (Lipinski definition) is 1. The monoisotopic (exact) mass is 378 g/mol. The average molecular weight is 379 g/mol. The molecule has 0 unspecified atom stereocenters. The first-order valence-electron chi connectivity index (χ1n) is 8.97. The summed E-state index contributed by atoms with van der Waals surface area (Å²) in [5.41, 5.74) is 1.53. The molecule has 1 aliphatic rings. The lowest BCUT2D eigenvalue weighted by Crippen LogP contribution is -2.42. The summed E-state index contributed by atoms with van der Waals surface area (Å²) in [5.74, 6) is 0.688. The third-order valence-electron chi connectivity index (χ3n) is 5.13. The molecule has 1 aromatic carbocycles. The zero-order valence-corrected chi connectivity index (χ0v) is 16.2. The van der Waals surface area contributed by atoms with Crippen LogP contribution in [0, 0.1) is 12.8 Å². The van der Waals surface area contributed by atoms with Gasteiger partial charge in [0.2, 0.25) is 5.91 Å². The molecule has 0 atom stereocenters. The lowest BCUT2D eigenvalue weighted by atomic mass is 9.93. The van der Waals surface area contributed by atoms with Gasteiger partial charge in [-0.05, 0) is 57.3 Å². The van der Waals surface area contributed by atoms with Crippen LogP contribution in [0.1, 0.15) is 24.8 Å². The van der Waals surface area contributed by atoms with Crippen LogP contribution in [0.4, 0.5) is 0 Å². The number of carbonyl (C=O) groups is 1. The third-order valence-corrected chi connectivity index (χ3v) is 5.13. The SMILES string of the molecule is CNCCC1CCN(C(=O)Cn2cnc3c(C)cccc3c2=O)CC1.Cl. The molecule has 1 N–H and O–H groups in total. The largest absolute Gasteiger partial charge is 0.341 e. The molecule has 6 nitrogen and oxygen atoms in total. The Kier molecular flexibility index (Phi) is 7.17. The summed E-state index contributed by atoms with van der Waals surface area (Å²) in [6.45, 7) is 4.58. The fourth-order valence-corrected chi connectivity index (χ4v) is 3.52. The van der Waals surface area contributed by atoms with Gasteiger partial charge in [-0.2, -0.15) is 0 Å². The maximum Gasteiger partial charge on any atom is 0.261 e. The normalized spacial score (nSPS) is 15.1. The Labute approximate surface area is 160 Å². The van der Waals surface area contributed by atoms with Gasteiger partial charge in [-0.15, -0.1) is 12.4 Å². The summed E-state index contributed by atoms with van der Waals surface area (Å²) >= 11 is 0. The van der Waals surface area contributed by atoms with E-state index in [1.165, 1.54) is 10.9 Å². The number of benzene rings is 1. The molecule has 142 valence electrons. The first-order valence-corrected chi connectivity index (χ1v) is 8.97. The topological polar surface area (TPSA) is 67.2 Å². The second-order valence-corrected chi connectivity index (χ2v) is 6.87. The predicted molar refractivity (Wildman–Crippen MR) is 106 cm³/mol. The minimum absolute atomic E-state index is 0. The smallest absolute Gasteiger partial charge is 0.261 e. The van der Waals surface area contributed by atoms with E-state index in [1.807, 2.05) is 31.0 Å². The number of amides is 1. The zero-order chi connectivity index (χ0) is 17.8. The number of halogens is 1. The highest BCUT2D eigenvalue weighted by Gasteiger charge is 2.23. The quantitative estimate of drug-likeness (QED) is 0.863. The van der Waals surface area contributed by atoms with E-state index in [0.717, 1.165) is 44.5 Å². The first-order chi connectivity index (χ1) is 12.1. The lowest BCUT2D eigenvalue weighted by Gasteiger charge is -2.32. The summed E-state index contributed by atoms with van der Waals surface area (Å²) in [5, 5.41) is 3.75. The Morgan fingerprint density at radius 2 is 2.04 bits per heavy atom. The van der Waals surface area contributed by atoms with Gasteiger partial charge in [0.05, 0.1) is 17.2 Å². The van der Waals surface area contributed by atoms with Crippen molar-refractivity contribution in [2.75, 3.05) is 26.7 Å². The van der Waals surface area contributed by atoms with Crippen LogP contribution in [0.25, 0.3) is 10.9 Å². The number of carbonyl (C=O) groups excluding carboxylic acids is 1. The van der Waals surface area contributed by atoms with Crippen LogP contribution < -0.4 is 10.9 Å². The molecule has 0 aliphatic carbocycles. The van der Waals surface area contributed by atoms with Gasteiger partial charge < -0.3 is 10.2 Å². The molecule has 0 saturated carbocycles. The van der Waals surface area contributed by atoms with E-state index in [4.69, 9.17) is 0 Å². The predicted octanol–water partition coefficient (Wildman–Crippen LogP) is 1.97. The summed E-state index contributed by atoms with van der Waals surface area (Å²) in [4.78, 5) is 31.4. The van der Waals surface area contributed by atoms with E-state index in [9.17, 15) is 9.59 Å². The fraction of sp³-hybridized carbons (Fsp3) is 0.526. The molecule has 0 spiro atoms. The second-order valence-electron chi connectivity index (χ2n) is 6.87. The third kappa shape index (κ3) is 4.43. The van der Waals surface area contributed by atoms with Crippen molar-refractivity contribution < 1.29 is 4.79 Å². The second kappa shape index (κ2) is 9.14. The Bertz CT molecular complexity index is 813. The van der Waals surface area contributed by atoms with Crippen LogP contribution in [-0.2, 0) is 11.3 Å². The van der Waals surface area contributed by atoms with Crippen molar-refractivity contribution in [2.24, 2.45) is 5.92 Å². The highest BCUT2D eigenvalue weighted by Crippen LogP contribution is 2.20. The minimum atomic E-state index is -0.147. The molecular formula is C19H27ClN4O2. The number of fused-ring (bicyclic) bond motifs is 1. The number of nitrogens with one attached hydrogen (secondary N) is 1. The van der Waals surface area contributed by atoms with Crippen molar-refractivity contribution in [3.8, 4) is 0 Å². The molecular weight excluding hydrogens is 352 g/mol. The Morgan fingerprint density at radius 3 is 2.73 bits per heavy atom. The van der Waals surface area contributed by atoms with Gasteiger partial charge in [0.25, 0.3) is 5.56 Å². The molecule has 7 heteroatoms. The van der Waals surface area contributed by atoms with Gasteiger partial charge in [-0.3, -0.25) is 14.2 Å². The fourth-order valence-electron chi connectivity index (χ4n) is 3.52. The number of para-hydroxylation sites is 1. The summed E-state index contributed by atoms with van der Waals surface area (Å²) < 4.78 is 1.43. The molecule has 26 heavy (non-hydrogen) atoms. The molecule has 2 heterocycles. The van der Waals surface area contributed by atoms with Crippen LogP contribution in [0.5, 0.6) is 0 Å².